The number of carbonyl (C=O) groups excluding carboxylic acids is 3. The molecule has 1 saturated heterocycles. The molecule has 1 aliphatic rings. The first-order chi connectivity index (χ1) is 7.80. The lowest BCUT2D eigenvalue weighted by Gasteiger charge is -2.24. The van der Waals surface area contributed by atoms with Crippen LogP contribution in [-0.4, -0.2) is 44.1 Å². The molecule has 0 aromatic rings. The maximum atomic E-state index is 12.2. The van der Waals surface area contributed by atoms with Crippen molar-refractivity contribution in [2.75, 3.05) is 20.8 Å². The number of cyclic esters (lactones) is 1. The van der Waals surface area contributed by atoms with Gasteiger partial charge in [-0.3, -0.25) is 14.4 Å². The van der Waals surface area contributed by atoms with E-state index in [1.165, 1.54) is 28.1 Å². The van der Waals surface area contributed by atoms with Gasteiger partial charge in [0.15, 0.2) is 5.78 Å². The van der Waals surface area contributed by atoms with Crippen LogP contribution in [0.3, 0.4) is 0 Å². The first kappa shape index (κ1) is 13.6. The molecule has 1 aliphatic heterocycles. The lowest BCUT2D eigenvalue weighted by atomic mass is 9.81. The molecule has 0 spiro atoms. The molecular formula is C11H16O6. The number of hydrogen-bond donors (Lipinski definition) is 0. The quantitative estimate of drug-likeness (QED) is 0.515. The van der Waals surface area contributed by atoms with E-state index in [1.54, 1.807) is 0 Å². The molecule has 0 amide bonds. The van der Waals surface area contributed by atoms with Crippen molar-refractivity contribution >= 4 is 17.7 Å². The Kier molecular flexibility index (Phi) is 3.56. The van der Waals surface area contributed by atoms with E-state index in [0.29, 0.717) is 0 Å². The highest BCUT2D eigenvalue weighted by Gasteiger charge is 2.61. The summed E-state index contributed by atoms with van der Waals surface area (Å²) in [5, 5.41) is 0. The highest BCUT2D eigenvalue weighted by Crippen LogP contribution is 2.38. The van der Waals surface area contributed by atoms with Gasteiger partial charge in [0.05, 0.1) is 20.1 Å². The molecule has 1 rings (SSSR count). The van der Waals surface area contributed by atoms with Crippen LogP contribution in [0.4, 0.5) is 0 Å². The second kappa shape index (κ2) is 4.44. The van der Waals surface area contributed by atoms with Crippen LogP contribution in [0.25, 0.3) is 0 Å². The summed E-state index contributed by atoms with van der Waals surface area (Å²) in [6, 6.07) is 0. The van der Waals surface area contributed by atoms with Crippen LogP contribution >= 0.6 is 0 Å². The Bertz CT molecular complexity index is 359. The minimum atomic E-state index is -1.55. The minimum absolute atomic E-state index is 0.157. The van der Waals surface area contributed by atoms with Crippen LogP contribution in [-0.2, 0) is 28.6 Å². The number of rotatable bonds is 4. The number of methoxy groups -OCH3 is 2. The van der Waals surface area contributed by atoms with Crippen LogP contribution in [0.2, 0.25) is 0 Å². The summed E-state index contributed by atoms with van der Waals surface area (Å²) in [5.41, 5.74) is -2.81. The molecule has 0 bridgehead atoms. The SMILES string of the molecule is COC[C@]1(CC(=O)OC)OC(=O)C(C)(C)C1=O. The largest absolute Gasteiger partial charge is 0.469 e. The summed E-state index contributed by atoms with van der Waals surface area (Å²) < 4.78 is 14.5. The number of Topliss-reactive ketones (excluding diaryl/α,β-unsaturated/α-hetero) is 1. The predicted molar refractivity (Wildman–Crippen MR) is 56.1 cm³/mol. The third-order valence-corrected chi connectivity index (χ3v) is 2.81. The van der Waals surface area contributed by atoms with Crippen molar-refractivity contribution in [2.24, 2.45) is 5.41 Å². The highest BCUT2D eigenvalue weighted by atomic mass is 16.6. The van der Waals surface area contributed by atoms with Crippen molar-refractivity contribution in [1.29, 1.82) is 0 Å². The van der Waals surface area contributed by atoms with Gasteiger partial charge in [-0.15, -0.1) is 0 Å². The maximum Gasteiger partial charge on any atom is 0.320 e. The van der Waals surface area contributed by atoms with Gasteiger partial charge in [-0.1, -0.05) is 0 Å². The fraction of sp³-hybridized carbons (Fsp3) is 0.727. The topological polar surface area (TPSA) is 78.9 Å². The van der Waals surface area contributed by atoms with Crippen LogP contribution in [0.5, 0.6) is 0 Å². The van der Waals surface area contributed by atoms with Crippen LogP contribution in [0.1, 0.15) is 20.3 Å². The maximum absolute atomic E-state index is 12.2. The molecule has 1 atom stereocenters. The smallest absolute Gasteiger partial charge is 0.320 e. The Balaban J connectivity index is 3.06. The number of ketones is 1. The zero-order valence-electron chi connectivity index (χ0n) is 10.4. The Hall–Kier alpha value is -1.43. The fourth-order valence-corrected chi connectivity index (χ4v) is 1.81. The van der Waals surface area contributed by atoms with E-state index in [4.69, 9.17) is 9.47 Å². The molecule has 0 aromatic heterocycles. The van der Waals surface area contributed by atoms with Crippen LogP contribution < -0.4 is 0 Å². The number of ether oxygens (including phenoxy) is 3. The second-order valence-corrected chi connectivity index (χ2v) is 4.52. The molecule has 96 valence electrons. The molecule has 1 fully saturated rings. The highest BCUT2D eigenvalue weighted by molar-refractivity contribution is 6.13. The molecule has 6 heteroatoms. The third-order valence-electron chi connectivity index (χ3n) is 2.81. The van der Waals surface area contributed by atoms with Gasteiger partial charge in [0, 0.05) is 7.11 Å². The Morgan fingerprint density at radius 2 is 1.88 bits per heavy atom. The number of hydrogen-bond acceptors (Lipinski definition) is 6. The number of esters is 2. The molecule has 17 heavy (non-hydrogen) atoms. The summed E-state index contributed by atoms with van der Waals surface area (Å²) in [5.74, 6) is -1.73. The fourth-order valence-electron chi connectivity index (χ4n) is 1.81. The standard InChI is InChI=1S/C11H16O6/c1-10(2)8(13)11(6-15-3,17-9(10)14)5-7(12)16-4/h5-6H2,1-4H3/t11-/m0/s1. The van der Waals surface area contributed by atoms with Gasteiger partial charge in [0.2, 0.25) is 5.60 Å². The van der Waals surface area contributed by atoms with Gasteiger partial charge in [0.1, 0.15) is 5.41 Å². The molecule has 6 nitrogen and oxygen atoms in total. The van der Waals surface area contributed by atoms with E-state index in [2.05, 4.69) is 4.74 Å². The third kappa shape index (κ3) is 2.17. The molecule has 0 radical (unpaired) electrons. The van der Waals surface area contributed by atoms with Gasteiger partial charge >= 0.3 is 11.9 Å². The molecule has 0 aliphatic carbocycles. The second-order valence-electron chi connectivity index (χ2n) is 4.52. The average Bonchev–Trinajstić information content (AvgIpc) is 2.41. The van der Waals surface area contributed by atoms with Gasteiger partial charge in [-0.05, 0) is 13.8 Å². The van der Waals surface area contributed by atoms with Gasteiger partial charge in [-0.2, -0.15) is 0 Å². The summed E-state index contributed by atoms with van der Waals surface area (Å²) >= 11 is 0. The molecule has 0 aromatic carbocycles. The molecule has 1 heterocycles. The predicted octanol–water partition coefficient (Wildman–Crippen LogP) is 0.0868. The van der Waals surface area contributed by atoms with Gasteiger partial charge in [-0.25, -0.2) is 0 Å². The molecule has 0 unspecified atom stereocenters. The average molecular weight is 244 g/mol. The van der Waals surface area contributed by atoms with Crippen molar-refractivity contribution in [1.82, 2.24) is 0 Å². The van der Waals surface area contributed by atoms with E-state index >= 15 is 0 Å². The van der Waals surface area contributed by atoms with Crippen molar-refractivity contribution in [3.63, 3.8) is 0 Å². The Labute approximate surface area is 99.2 Å². The molecule has 0 N–H and O–H groups in total. The lowest BCUT2D eigenvalue weighted by Crippen LogP contribution is -2.45. The Morgan fingerprint density at radius 3 is 2.24 bits per heavy atom. The summed E-state index contributed by atoms with van der Waals surface area (Å²) in [7, 11) is 2.57. The van der Waals surface area contributed by atoms with Gasteiger partial charge in [0.25, 0.3) is 0 Å². The van der Waals surface area contributed by atoms with Gasteiger partial charge < -0.3 is 14.2 Å². The van der Waals surface area contributed by atoms with E-state index < -0.39 is 28.7 Å². The lowest BCUT2D eigenvalue weighted by molar-refractivity contribution is -0.165. The van der Waals surface area contributed by atoms with Crippen LogP contribution in [0, 0.1) is 5.41 Å². The van der Waals surface area contributed by atoms with Crippen molar-refractivity contribution in [3.05, 3.63) is 0 Å². The van der Waals surface area contributed by atoms with E-state index in [9.17, 15) is 14.4 Å². The van der Waals surface area contributed by atoms with Crippen molar-refractivity contribution in [2.45, 2.75) is 25.9 Å². The molecular weight excluding hydrogens is 228 g/mol. The minimum Gasteiger partial charge on any atom is -0.469 e. The van der Waals surface area contributed by atoms with E-state index in [1.807, 2.05) is 0 Å². The van der Waals surface area contributed by atoms with Crippen molar-refractivity contribution < 1.29 is 28.6 Å². The summed E-state index contributed by atoms with van der Waals surface area (Å²) in [6.07, 6.45) is -0.328. The summed E-state index contributed by atoms with van der Waals surface area (Å²) in [6.45, 7) is 2.77. The first-order valence-electron chi connectivity index (χ1n) is 5.14. The first-order valence-corrected chi connectivity index (χ1v) is 5.14. The Morgan fingerprint density at radius 1 is 1.29 bits per heavy atom. The zero-order valence-corrected chi connectivity index (χ0v) is 10.4. The molecule has 0 saturated carbocycles. The van der Waals surface area contributed by atoms with Crippen LogP contribution in [0.15, 0.2) is 0 Å². The zero-order chi connectivity index (χ0) is 13.3. The van der Waals surface area contributed by atoms with E-state index in [0.717, 1.165) is 0 Å². The number of carbonyl (C=O) groups is 3. The van der Waals surface area contributed by atoms with E-state index in [-0.39, 0.29) is 13.0 Å². The monoisotopic (exact) mass is 244 g/mol. The summed E-state index contributed by atoms with van der Waals surface area (Å²) in [4.78, 5) is 35.1. The van der Waals surface area contributed by atoms with Crippen molar-refractivity contribution in [3.8, 4) is 0 Å². The normalized spacial score (nSPS) is 26.8.